The molecule has 0 aliphatic carbocycles. The summed E-state index contributed by atoms with van der Waals surface area (Å²) in [6.07, 6.45) is -5.34. The Bertz CT molecular complexity index is 720. The van der Waals surface area contributed by atoms with Gasteiger partial charge in [-0.15, -0.1) is 11.6 Å². The van der Waals surface area contributed by atoms with Crippen LogP contribution in [0.5, 0.6) is 11.5 Å². The molecule has 0 heterocycles. The molecule has 2 atom stereocenters. The number of aliphatic hydroxyl groups excluding tert-OH is 2. The van der Waals surface area contributed by atoms with Crippen molar-refractivity contribution in [2.75, 3.05) is 19.1 Å². The van der Waals surface area contributed by atoms with Crippen LogP contribution in [0, 0.1) is 0 Å². The topological polar surface area (TPSA) is 58.9 Å². The van der Waals surface area contributed by atoms with Crippen LogP contribution < -0.4 is 9.47 Å². The maximum atomic E-state index is 12.3. The molecule has 0 saturated heterocycles. The molecule has 0 radical (unpaired) electrons. The molecular weight excluding hydrogens is 390 g/mol. The van der Waals surface area contributed by atoms with E-state index in [1.165, 1.54) is 0 Å². The predicted octanol–water partition coefficient (Wildman–Crippen LogP) is 4.00. The van der Waals surface area contributed by atoms with Crippen LogP contribution in [0.2, 0.25) is 0 Å². The van der Waals surface area contributed by atoms with Crippen molar-refractivity contribution in [3.8, 4) is 11.5 Å². The number of rotatable bonds is 10. The van der Waals surface area contributed by atoms with E-state index in [4.69, 9.17) is 26.2 Å². The first-order valence-electron chi connectivity index (χ1n) is 8.91. The number of alkyl halides is 3. The van der Waals surface area contributed by atoms with Gasteiger partial charge in [0.05, 0.1) is 5.88 Å². The van der Waals surface area contributed by atoms with Gasteiger partial charge in [0, 0.05) is 5.41 Å². The van der Waals surface area contributed by atoms with Gasteiger partial charge in [-0.2, -0.15) is 0 Å². The molecule has 4 nitrogen and oxygen atoms in total. The molecule has 0 amide bonds. The molecule has 2 aromatic rings. The normalized spacial score (nSPS) is 14.0. The molecule has 28 heavy (non-hydrogen) atoms. The van der Waals surface area contributed by atoms with Crippen molar-refractivity contribution in [2.24, 2.45) is 0 Å². The Kier molecular flexibility index (Phi) is 8.04. The van der Waals surface area contributed by atoms with Crippen LogP contribution in [0.1, 0.15) is 25.0 Å². The molecule has 0 fully saturated rings. The van der Waals surface area contributed by atoms with E-state index in [1.54, 1.807) is 12.1 Å². The highest BCUT2D eigenvalue weighted by Crippen LogP contribution is 2.33. The third-order valence-electron chi connectivity index (χ3n) is 4.48. The highest BCUT2D eigenvalue weighted by atomic mass is 35.5. The maximum Gasteiger partial charge on any atom is 0.267 e. The molecule has 2 N–H and O–H groups in total. The molecule has 0 unspecified atom stereocenters. The summed E-state index contributed by atoms with van der Waals surface area (Å²) in [7, 11) is 0. The first kappa shape index (κ1) is 22.4. The lowest BCUT2D eigenvalue weighted by atomic mass is 9.78. The van der Waals surface area contributed by atoms with Crippen LogP contribution in [-0.2, 0) is 5.41 Å². The maximum absolute atomic E-state index is 12.3. The summed E-state index contributed by atoms with van der Waals surface area (Å²) in [4.78, 5) is 0. The smallest absolute Gasteiger partial charge is 0.267 e. The third-order valence-corrected chi connectivity index (χ3v) is 4.84. The molecule has 2 aromatic carbocycles. The van der Waals surface area contributed by atoms with Crippen molar-refractivity contribution in [3.63, 3.8) is 0 Å². The van der Waals surface area contributed by atoms with Gasteiger partial charge in [-0.05, 0) is 35.4 Å². The zero-order valence-electron chi connectivity index (χ0n) is 15.8. The van der Waals surface area contributed by atoms with E-state index in [9.17, 15) is 13.9 Å². The van der Waals surface area contributed by atoms with Gasteiger partial charge in [-0.25, -0.2) is 8.78 Å². The molecule has 2 rings (SSSR count). The average molecular weight is 415 g/mol. The van der Waals surface area contributed by atoms with Crippen LogP contribution in [0.4, 0.5) is 8.78 Å². The van der Waals surface area contributed by atoms with Gasteiger partial charge >= 0.3 is 0 Å². The number of hydrogen-bond acceptors (Lipinski definition) is 4. The fourth-order valence-corrected chi connectivity index (χ4v) is 2.68. The van der Waals surface area contributed by atoms with E-state index in [2.05, 4.69) is 13.8 Å². The quantitative estimate of drug-likeness (QED) is 0.577. The van der Waals surface area contributed by atoms with E-state index >= 15 is 0 Å². The second kappa shape index (κ2) is 10.0. The molecule has 0 aliphatic heterocycles. The predicted molar refractivity (Wildman–Crippen MR) is 105 cm³/mol. The van der Waals surface area contributed by atoms with Gasteiger partial charge in [-0.3, -0.25) is 0 Å². The van der Waals surface area contributed by atoms with E-state index in [1.807, 2.05) is 36.4 Å². The van der Waals surface area contributed by atoms with Crippen LogP contribution in [-0.4, -0.2) is 47.9 Å². The monoisotopic (exact) mass is 414 g/mol. The fourth-order valence-electron chi connectivity index (χ4n) is 2.59. The standard InChI is InChI=1S/C21H25ClF2O4/c1-21(2,14-3-7-17(8-4-14)27-12-16(25)11-22)15-5-9-18(10-6-15)28-13-19(26)20(23)24/h3-10,16,19-20,25-26H,11-13H2,1-2H3/t16-,19-/m0/s1. The summed E-state index contributed by atoms with van der Waals surface area (Å²) < 4.78 is 35.3. The second-order valence-corrected chi connectivity index (χ2v) is 7.31. The zero-order valence-corrected chi connectivity index (χ0v) is 16.6. The van der Waals surface area contributed by atoms with Crippen LogP contribution in [0.25, 0.3) is 0 Å². The van der Waals surface area contributed by atoms with Crippen molar-refractivity contribution in [2.45, 2.75) is 37.9 Å². The zero-order chi connectivity index (χ0) is 20.7. The molecule has 0 saturated carbocycles. The first-order chi connectivity index (χ1) is 13.2. The molecule has 154 valence electrons. The summed E-state index contributed by atoms with van der Waals surface area (Å²) in [5.74, 6) is 1.18. The Balaban J connectivity index is 2.03. The van der Waals surface area contributed by atoms with Crippen molar-refractivity contribution in [1.29, 1.82) is 0 Å². The summed E-state index contributed by atoms with van der Waals surface area (Å²) in [5.41, 5.74) is 1.76. The van der Waals surface area contributed by atoms with Crippen LogP contribution in [0.15, 0.2) is 48.5 Å². The number of benzene rings is 2. The van der Waals surface area contributed by atoms with Crippen molar-refractivity contribution in [1.82, 2.24) is 0 Å². The number of halogens is 3. The number of ether oxygens (including phenoxy) is 2. The van der Waals surface area contributed by atoms with Crippen molar-refractivity contribution in [3.05, 3.63) is 59.7 Å². The lowest BCUT2D eigenvalue weighted by Crippen LogP contribution is -2.25. The van der Waals surface area contributed by atoms with E-state index in [0.29, 0.717) is 11.5 Å². The average Bonchev–Trinajstić information content (AvgIpc) is 2.70. The highest BCUT2D eigenvalue weighted by Gasteiger charge is 2.23. The van der Waals surface area contributed by atoms with Gasteiger partial charge < -0.3 is 19.7 Å². The summed E-state index contributed by atoms with van der Waals surface area (Å²) in [6, 6.07) is 14.7. The summed E-state index contributed by atoms with van der Waals surface area (Å²) in [6.45, 7) is 3.81. The molecular formula is C21H25ClF2O4. The Hall–Kier alpha value is -1.89. The SMILES string of the molecule is CC(C)(c1ccc(OC[C@@H](O)CCl)cc1)c1ccc(OC[C@H](O)C(F)F)cc1. The van der Waals surface area contributed by atoms with Gasteiger partial charge in [-0.1, -0.05) is 38.1 Å². The Morgan fingerprint density at radius 1 is 0.857 bits per heavy atom. The molecule has 0 spiro atoms. The van der Waals surface area contributed by atoms with Crippen molar-refractivity contribution >= 4 is 11.6 Å². The van der Waals surface area contributed by atoms with Crippen LogP contribution in [0.3, 0.4) is 0 Å². The Labute approximate surface area is 168 Å². The number of hydrogen-bond donors (Lipinski definition) is 2. The van der Waals surface area contributed by atoms with E-state index in [-0.39, 0.29) is 17.9 Å². The highest BCUT2D eigenvalue weighted by molar-refractivity contribution is 6.18. The van der Waals surface area contributed by atoms with Gasteiger partial charge in [0.25, 0.3) is 6.43 Å². The van der Waals surface area contributed by atoms with Gasteiger partial charge in [0.1, 0.15) is 36.9 Å². The molecule has 0 aliphatic rings. The summed E-state index contributed by atoms with van der Waals surface area (Å²) >= 11 is 5.55. The third kappa shape index (κ3) is 6.06. The summed E-state index contributed by atoms with van der Waals surface area (Å²) in [5, 5.41) is 18.6. The first-order valence-corrected chi connectivity index (χ1v) is 9.44. The minimum Gasteiger partial charge on any atom is -0.491 e. The fraction of sp³-hybridized carbons (Fsp3) is 0.429. The van der Waals surface area contributed by atoms with Crippen LogP contribution >= 0.6 is 11.6 Å². The van der Waals surface area contributed by atoms with E-state index in [0.717, 1.165) is 11.1 Å². The Morgan fingerprint density at radius 3 is 1.68 bits per heavy atom. The minimum absolute atomic E-state index is 0.117. The van der Waals surface area contributed by atoms with E-state index < -0.39 is 25.2 Å². The Morgan fingerprint density at radius 2 is 1.29 bits per heavy atom. The van der Waals surface area contributed by atoms with Gasteiger partial charge in [0.2, 0.25) is 0 Å². The van der Waals surface area contributed by atoms with Gasteiger partial charge in [0.15, 0.2) is 0 Å². The lowest BCUT2D eigenvalue weighted by molar-refractivity contribution is -0.0283. The molecule has 0 bridgehead atoms. The molecule has 0 aromatic heterocycles. The second-order valence-electron chi connectivity index (χ2n) is 7.01. The minimum atomic E-state index is -2.83. The van der Waals surface area contributed by atoms with Crippen molar-refractivity contribution < 1.29 is 28.5 Å². The molecule has 7 heteroatoms. The lowest BCUT2D eigenvalue weighted by Gasteiger charge is -2.26. The number of aliphatic hydroxyl groups is 2. The largest absolute Gasteiger partial charge is 0.491 e.